The number of rotatable bonds is 3. The monoisotopic (exact) mass is 295 g/mol. The number of likely N-dealkylation sites (N-methyl/N-ethyl adjacent to an activating group) is 1. The Hall–Kier alpha value is -1.10. The van der Waals surface area contributed by atoms with E-state index in [1.54, 1.807) is 19.0 Å². The molecule has 2 rings (SSSR count). The Kier molecular flexibility index (Phi) is 5.25. The van der Waals surface area contributed by atoms with Crippen LogP contribution in [0.2, 0.25) is 0 Å². The first-order valence-electron chi connectivity index (χ1n) is 8.14. The highest BCUT2D eigenvalue weighted by Gasteiger charge is 2.41. The van der Waals surface area contributed by atoms with Gasteiger partial charge in [-0.1, -0.05) is 13.8 Å². The van der Waals surface area contributed by atoms with Gasteiger partial charge in [-0.25, -0.2) is 0 Å². The fourth-order valence-electron chi connectivity index (χ4n) is 3.61. The Morgan fingerprint density at radius 3 is 2.57 bits per heavy atom. The molecule has 2 aliphatic rings. The topological polar surface area (TPSA) is 43.9 Å². The van der Waals surface area contributed by atoms with Crippen LogP contribution >= 0.6 is 0 Å². The van der Waals surface area contributed by atoms with Crippen LogP contribution in [0, 0.1) is 5.92 Å². The average Bonchev–Trinajstić information content (AvgIpc) is 2.81. The van der Waals surface area contributed by atoms with Gasteiger partial charge in [-0.3, -0.25) is 9.59 Å². The largest absolute Gasteiger partial charge is 0.347 e. The lowest BCUT2D eigenvalue weighted by atomic mass is 10.1. The molecule has 0 spiro atoms. The molecule has 5 nitrogen and oxygen atoms in total. The summed E-state index contributed by atoms with van der Waals surface area (Å²) >= 11 is 0. The Balaban J connectivity index is 2.05. The molecular weight excluding hydrogens is 266 g/mol. The van der Waals surface area contributed by atoms with Crippen LogP contribution in [0.4, 0.5) is 0 Å². The van der Waals surface area contributed by atoms with Crippen LogP contribution in [-0.2, 0) is 9.59 Å². The molecule has 5 heteroatoms. The van der Waals surface area contributed by atoms with Crippen molar-refractivity contribution in [1.82, 2.24) is 14.7 Å². The van der Waals surface area contributed by atoms with Gasteiger partial charge >= 0.3 is 0 Å². The normalized spacial score (nSPS) is 27.5. The first kappa shape index (κ1) is 16.3. The molecule has 120 valence electrons. The summed E-state index contributed by atoms with van der Waals surface area (Å²) in [6, 6.07) is 0.0236. The summed E-state index contributed by atoms with van der Waals surface area (Å²) in [5, 5.41) is 0. The number of nitrogens with zero attached hydrogens (tertiary/aromatic N) is 3. The number of amides is 2. The quantitative estimate of drug-likeness (QED) is 0.785. The van der Waals surface area contributed by atoms with E-state index in [1.807, 2.05) is 4.90 Å². The van der Waals surface area contributed by atoms with Crippen LogP contribution in [0.25, 0.3) is 0 Å². The SMILES string of the molecule is CC(C)CN1CCC(=O)N2[C@H](CC[C@H]2C(=O)N(C)C)CC1. The summed E-state index contributed by atoms with van der Waals surface area (Å²) in [4.78, 5) is 30.7. The molecule has 2 amide bonds. The lowest BCUT2D eigenvalue weighted by molar-refractivity contribution is -0.145. The molecule has 0 N–H and O–H groups in total. The molecule has 2 atom stereocenters. The Labute approximate surface area is 128 Å². The molecular formula is C16H29N3O2. The highest BCUT2D eigenvalue weighted by molar-refractivity contribution is 5.88. The molecule has 2 aliphatic heterocycles. The molecule has 0 aliphatic carbocycles. The van der Waals surface area contributed by atoms with Crippen molar-refractivity contribution in [3.8, 4) is 0 Å². The molecule has 2 heterocycles. The zero-order chi connectivity index (χ0) is 15.6. The second-order valence-corrected chi connectivity index (χ2v) is 7.01. The van der Waals surface area contributed by atoms with Gasteiger partial charge in [-0.05, 0) is 25.2 Å². The first-order valence-corrected chi connectivity index (χ1v) is 8.14. The number of hydrogen-bond acceptors (Lipinski definition) is 3. The van der Waals surface area contributed by atoms with Crippen molar-refractivity contribution in [3.63, 3.8) is 0 Å². The molecule has 21 heavy (non-hydrogen) atoms. The second kappa shape index (κ2) is 6.77. The van der Waals surface area contributed by atoms with E-state index in [0.29, 0.717) is 12.3 Å². The van der Waals surface area contributed by atoms with E-state index in [2.05, 4.69) is 18.7 Å². The van der Waals surface area contributed by atoms with E-state index in [0.717, 1.165) is 38.9 Å². The molecule has 0 aromatic rings. The summed E-state index contributed by atoms with van der Waals surface area (Å²) in [6.07, 6.45) is 3.32. The van der Waals surface area contributed by atoms with Crippen molar-refractivity contribution in [3.05, 3.63) is 0 Å². The van der Waals surface area contributed by atoms with Gasteiger partial charge in [0.15, 0.2) is 0 Å². The number of carbonyl (C=O) groups excluding carboxylic acids is 2. The zero-order valence-corrected chi connectivity index (χ0v) is 13.8. The second-order valence-electron chi connectivity index (χ2n) is 7.01. The third kappa shape index (κ3) is 3.76. The minimum absolute atomic E-state index is 0.0745. The maximum Gasteiger partial charge on any atom is 0.244 e. The maximum absolute atomic E-state index is 12.5. The molecule has 0 aromatic heterocycles. The summed E-state index contributed by atoms with van der Waals surface area (Å²) in [5.74, 6) is 0.860. The van der Waals surface area contributed by atoms with Gasteiger partial charge < -0.3 is 14.7 Å². The van der Waals surface area contributed by atoms with Crippen molar-refractivity contribution in [2.45, 2.75) is 51.6 Å². The van der Waals surface area contributed by atoms with Gasteiger partial charge in [-0.2, -0.15) is 0 Å². The van der Waals surface area contributed by atoms with Crippen molar-refractivity contribution in [1.29, 1.82) is 0 Å². The van der Waals surface area contributed by atoms with E-state index in [-0.39, 0.29) is 23.9 Å². The van der Waals surface area contributed by atoms with Crippen molar-refractivity contribution < 1.29 is 9.59 Å². The third-order valence-corrected chi connectivity index (χ3v) is 4.56. The molecule has 2 fully saturated rings. The summed E-state index contributed by atoms with van der Waals surface area (Å²) in [7, 11) is 3.54. The molecule has 0 unspecified atom stereocenters. The van der Waals surface area contributed by atoms with Gasteiger partial charge in [-0.15, -0.1) is 0 Å². The predicted molar refractivity (Wildman–Crippen MR) is 82.9 cm³/mol. The van der Waals surface area contributed by atoms with Crippen LogP contribution in [0.3, 0.4) is 0 Å². The van der Waals surface area contributed by atoms with Crippen LogP contribution in [0.15, 0.2) is 0 Å². The van der Waals surface area contributed by atoms with Crippen molar-refractivity contribution in [2.24, 2.45) is 5.92 Å². The summed E-state index contributed by atoms with van der Waals surface area (Å²) in [6.45, 7) is 7.35. The van der Waals surface area contributed by atoms with Gasteiger partial charge in [0.2, 0.25) is 11.8 Å². The van der Waals surface area contributed by atoms with Gasteiger partial charge in [0.25, 0.3) is 0 Å². The van der Waals surface area contributed by atoms with Gasteiger partial charge in [0.05, 0.1) is 0 Å². The third-order valence-electron chi connectivity index (χ3n) is 4.56. The molecule has 0 aromatic carbocycles. The van der Waals surface area contributed by atoms with Crippen molar-refractivity contribution in [2.75, 3.05) is 33.7 Å². The Morgan fingerprint density at radius 1 is 1.24 bits per heavy atom. The predicted octanol–water partition coefficient (Wildman–Crippen LogP) is 1.19. The van der Waals surface area contributed by atoms with E-state index < -0.39 is 0 Å². The average molecular weight is 295 g/mol. The summed E-state index contributed by atoms with van der Waals surface area (Å²) in [5.41, 5.74) is 0. The molecule has 0 radical (unpaired) electrons. The summed E-state index contributed by atoms with van der Waals surface area (Å²) < 4.78 is 0. The fraction of sp³-hybridized carbons (Fsp3) is 0.875. The van der Waals surface area contributed by atoms with Gasteiger partial charge in [0.1, 0.15) is 6.04 Å². The van der Waals surface area contributed by atoms with E-state index in [4.69, 9.17) is 0 Å². The first-order chi connectivity index (χ1) is 9.90. The fourth-order valence-corrected chi connectivity index (χ4v) is 3.61. The number of hydrogen-bond donors (Lipinski definition) is 0. The van der Waals surface area contributed by atoms with Crippen LogP contribution in [0.1, 0.15) is 39.5 Å². The minimum Gasteiger partial charge on any atom is -0.347 e. The highest BCUT2D eigenvalue weighted by atomic mass is 16.2. The van der Waals surface area contributed by atoms with E-state index >= 15 is 0 Å². The van der Waals surface area contributed by atoms with Crippen LogP contribution in [0.5, 0.6) is 0 Å². The Morgan fingerprint density at radius 2 is 1.95 bits per heavy atom. The van der Waals surface area contributed by atoms with E-state index in [9.17, 15) is 9.59 Å². The number of carbonyl (C=O) groups is 2. The maximum atomic E-state index is 12.5. The lowest BCUT2D eigenvalue weighted by Crippen LogP contribution is -2.51. The zero-order valence-electron chi connectivity index (χ0n) is 13.8. The van der Waals surface area contributed by atoms with Crippen molar-refractivity contribution >= 4 is 11.8 Å². The van der Waals surface area contributed by atoms with Crippen LogP contribution < -0.4 is 0 Å². The lowest BCUT2D eigenvalue weighted by Gasteiger charge is -2.36. The molecule has 0 saturated carbocycles. The van der Waals surface area contributed by atoms with Gasteiger partial charge in [0, 0.05) is 46.2 Å². The van der Waals surface area contributed by atoms with E-state index in [1.165, 1.54) is 0 Å². The smallest absolute Gasteiger partial charge is 0.244 e. The molecule has 2 saturated heterocycles. The number of fused-ring (bicyclic) bond motifs is 1. The Bertz CT molecular complexity index is 395. The highest BCUT2D eigenvalue weighted by Crippen LogP contribution is 2.29. The standard InChI is InChI=1S/C16H29N3O2/c1-12(2)11-18-9-7-13-5-6-14(16(21)17(3)4)19(13)15(20)8-10-18/h12-14H,5-11H2,1-4H3/t13-,14+/m1/s1. The molecule has 0 bridgehead atoms. The minimum atomic E-state index is -0.228. The van der Waals surface area contributed by atoms with Crippen LogP contribution in [-0.4, -0.2) is 72.3 Å².